The van der Waals surface area contributed by atoms with Gasteiger partial charge in [-0.1, -0.05) is 291 Å². The first-order valence-corrected chi connectivity index (χ1v) is 36.4. The average Bonchev–Trinajstić information content (AvgIpc) is 1.46. The molecule has 4 heteroatoms. The van der Waals surface area contributed by atoms with Gasteiger partial charge in [0, 0.05) is 65.8 Å². The van der Waals surface area contributed by atoms with E-state index in [1.807, 2.05) is 30.3 Å². The van der Waals surface area contributed by atoms with Crippen LogP contribution in [0.4, 0.5) is 0 Å². The highest BCUT2D eigenvalue weighted by Gasteiger charge is 2.22. The zero-order valence-electron chi connectivity index (χ0n) is 59.7. The summed E-state index contributed by atoms with van der Waals surface area (Å²) in [5.74, 6) is 0. The van der Waals surface area contributed by atoms with Crippen LogP contribution < -0.4 is 0 Å². The molecule has 0 bridgehead atoms. The van der Waals surface area contributed by atoms with Gasteiger partial charge in [0.05, 0.1) is 46.9 Å². The second kappa shape index (κ2) is 24.9. The van der Waals surface area contributed by atoms with Crippen molar-refractivity contribution in [3.05, 3.63) is 400 Å². The quantitative estimate of drug-likeness (QED) is 0.128. The molecule has 0 radical (unpaired) electrons. The van der Waals surface area contributed by atoms with Crippen molar-refractivity contribution in [1.29, 1.82) is 0 Å². The molecule has 0 atom stereocenters. The van der Waals surface area contributed by atoms with Gasteiger partial charge in [0.25, 0.3) is 0 Å². The lowest BCUT2D eigenvalue weighted by Crippen LogP contribution is -1.94. The maximum Gasteiger partial charge on any atom is 0.0623 e. The largest absolute Gasteiger partial charge is 0.309 e. The third-order valence-corrected chi connectivity index (χ3v) is 21.9. The number of nitrogens with zero attached hydrogens (tertiary/aromatic N) is 4. The Morgan fingerprint density at radius 1 is 0.151 bits per heavy atom. The topological polar surface area (TPSA) is 19.7 Å². The molecule has 494 valence electrons. The first kappa shape index (κ1) is 58.6. The highest BCUT2D eigenvalue weighted by Crippen LogP contribution is 2.46. The lowest BCUT2D eigenvalue weighted by Gasteiger charge is -2.14. The molecular weight excluding hydrogens is 1280 g/mol. The van der Waals surface area contributed by atoms with E-state index in [1.54, 1.807) is 0 Å². The number of para-hydroxylation sites is 4. The fourth-order valence-corrected chi connectivity index (χ4v) is 17.1. The number of fused-ring (bicyclic) bond motifs is 18. The van der Waals surface area contributed by atoms with Gasteiger partial charge in [-0.25, -0.2) is 0 Å². The maximum absolute atomic E-state index is 8.61. The predicted octanol–water partition coefficient (Wildman–Crippen LogP) is 27.6. The fraction of sp³-hybridized carbons (Fsp3) is 0. The van der Waals surface area contributed by atoms with Crippen molar-refractivity contribution in [2.24, 2.45) is 0 Å². The summed E-state index contributed by atoms with van der Waals surface area (Å²) in [6.45, 7) is 0. The van der Waals surface area contributed by atoms with Crippen molar-refractivity contribution >= 4 is 120 Å². The number of hydrogen-bond donors (Lipinski definition) is 0. The first-order chi connectivity index (χ1) is 53.4. The summed E-state index contributed by atoms with van der Waals surface area (Å²) in [5.41, 5.74) is 25.5. The Balaban J connectivity index is 0.000000139. The third-order valence-electron chi connectivity index (χ3n) is 21.9. The van der Waals surface area contributed by atoms with Crippen LogP contribution in [0.15, 0.2) is 400 Å². The van der Waals surface area contributed by atoms with Gasteiger partial charge in [-0.15, -0.1) is 0 Å². The van der Waals surface area contributed by atoms with E-state index in [1.165, 1.54) is 120 Å². The van der Waals surface area contributed by atoms with Gasteiger partial charge in [0.1, 0.15) is 0 Å². The molecule has 0 saturated heterocycles. The minimum Gasteiger partial charge on any atom is -0.309 e. The summed E-state index contributed by atoms with van der Waals surface area (Å²) >= 11 is 0. The van der Waals surface area contributed by atoms with Crippen molar-refractivity contribution in [2.45, 2.75) is 0 Å². The lowest BCUT2D eigenvalue weighted by atomic mass is 9.94. The zero-order chi connectivity index (χ0) is 71.5. The summed E-state index contributed by atoms with van der Waals surface area (Å²) in [6.07, 6.45) is 0. The highest BCUT2D eigenvalue weighted by atomic mass is 15.0. The van der Waals surface area contributed by atoms with Crippen molar-refractivity contribution in [1.82, 2.24) is 18.3 Å². The lowest BCUT2D eigenvalue weighted by molar-refractivity contribution is 1.18. The number of rotatable bonds is 9. The number of benzene rings is 18. The second-order valence-corrected chi connectivity index (χ2v) is 27.7. The molecule has 4 nitrogen and oxygen atoms in total. The van der Waals surface area contributed by atoms with Crippen molar-refractivity contribution in [3.63, 3.8) is 0 Å². The van der Waals surface area contributed by atoms with Gasteiger partial charge in [-0.05, 0) is 197 Å². The number of hydrogen-bond acceptors (Lipinski definition) is 0. The number of aromatic nitrogens is 4. The van der Waals surface area contributed by atoms with Crippen molar-refractivity contribution in [3.8, 4) is 78.4 Å². The summed E-state index contributed by atoms with van der Waals surface area (Å²) in [4.78, 5) is 0. The Labute approximate surface area is 615 Å². The predicted molar refractivity (Wildman–Crippen MR) is 450 cm³/mol. The van der Waals surface area contributed by atoms with Crippen LogP contribution in [-0.4, -0.2) is 18.3 Å². The molecule has 0 fully saturated rings. The minimum absolute atomic E-state index is 0.507. The summed E-state index contributed by atoms with van der Waals surface area (Å²) in [6, 6.07) is 140. The molecule has 22 aromatic rings. The first-order valence-electron chi connectivity index (χ1n) is 37.4. The third kappa shape index (κ3) is 9.84. The van der Waals surface area contributed by atoms with Gasteiger partial charge >= 0.3 is 0 Å². The van der Waals surface area contributed by atoms with E-state index in [4.69, 9.17) is 2.74 Å². The van der Waals surface area contributed by atoms with Crippen molar-refractivity contribution < 1.29 is 2.74 Å². The van der Waals surface area contributed by atoms with E-state index in [2.05, 4.69) is 376 Å². The van der Waals surface area contributed by atoms with Gasteiger partial charge in [0.2, 0.25) is 0 Å². The van der Waals surface area contributed by atoms with Crippen LogP contribution in [0.1, 0.15) is 2.74 Å². The average molecular weight is 1350 g/mol. The van der Waals surface area contributed by atoms with Crippen LogP contribution >= 0.6 is 0 Å². The SMILES string of the molecule is [2H]c1ccc2c(c1)c1cc(-c3cccc4c3c3ccccc3n4-c3ccc(-c4ccccc4)cc3)ccc1n2-c1ccc(-c2ccccc2)cc1.[2H]c1ccc2c(c1)c1cc(-c3cccc4c3c3ccccc3n4-c3ccc4c5ccccc5c5ccccc5c4c3)ccc1n2-c1ccc(-c2ccccc2)cc1. The van der Waals surface area contributed by atoms with Crippen LogP contribution in [-0.2, 0) is 0 Å². The molecule has 22 rings (SSSR count). The molecule has 4 heterocycles. The van der Waals surface area contributed by atoms with Gasteiger partial charge < -0.3 is 18.3 Å². The Bertz CT molecular complexity index is 7300. The molecule has 0 unspecified atom stereocenters. The zero-order valence-corrected chi connectivity index (χ0v) is 57.7. The van der Waals surface area contributed by atoms with Gasteiger partial charge in [0.15, 0.2) is 0 Å². The second-order valence-electron chi connectivity index (χ2n) is 27.7. The fourth-order valence-electron chi connectivity index (χ4n) is 17.1. The summed E-state index contributed by atoms with van der Waals surface area (Å²) in [7, 11) is 0. The van der Waals surface area contributed by atoms with E-state index in [9.17, 15) is 0 Å². The molecule has 0 aliphatic carbocycles. The normalized spacial score (nSPS) is 12.0. The molecule has 0 aliphatic rings. The standard InChI is InChI=1S/C54H34N2.C48H32N2/c1-2-13-35(14-3-1)36-25-28-38(29-26-36)55-50-22-10-8-19-46(50)49-33-37(27-32-52(49)55)40-21-12-24-53-54(40)47-20-9-11-23-51(47)56(53)39-30-31-45-43-17-5-4-15-41(43)42-16-6-7-18-44(42)48(45)34-39;1-3-12-33(13-4-1)35-22-27-38(28-23-35)49-44-19-9-7-16-41(44)43-32-37(26-31-46(43)49)40-18-11-21-47-48(40)42-17-8-10-20-45(42)50(47)39-29-24-36(25-30-39)34-14-5-2-6-15-34/h1-34H;1-32H/i8D;7D. The van der Waals surface area contributed by atoms with Crippen LogP contribution in [0.2, 0.25) is 0 Å². The molecule has 0 spiro atoms. The summed E-state index contributed by atoms with van der Waals surface area (Å²) in [5, 5.41) is 17.0. The summed E-state index contributed by atoms with van der Waals surface area (Å²) < 4.78 is 26.6. The van der Waals surface area contributed by atoms with E-state index in [0.29, 0.717) is 12.1 Å². The molecule has 0 saturated carbocycles. The monoisotopic (exact) mass is 1350 g/mol. The molecule has 18 aromatic carbocycles. The Morgan fingerprint density at radius 2 is 0.434 bits per heavy atom. The van der Waals surface area contributed by atoms with Gasteiger partial charge in [-0.3, -0.25) is 0 Å². The highest BCUT2D eigenvalue weighted by molar-refractivity contribution is 6.26. The van der Waals surface area contributed by atoms with Crippen LogP contribution in [0.3, 0.4) is 0 Å². The van der Waals surface area contributed by atoms with Gasteiger partial charge in [-0.2, -0.15) is 0 Å². The molecular formula is C102H66N4. The van der Waals surface area contributed by atoms with Crippen LogP contribution in [0.5, 0.6) is 0 Å². The van der Waals surface area contributed by atoms with E-state index >= 15 is 0 Å². The van der Waals surface area contributed by atoms with E-state index in [-0.39, 0.29) is 0 Å². The Hall–Kier alpha value is -14.1. The van der Waals surface area contributed by atoms with Crippen molar-refractivity contribution in [2.75, 3.05) is 0 Å². The van der Waals surface area contributed by atoms with Crippen LogP contribution in [0, 0.1) is 0 Å². The Kier molecular flexibility index (Phi) is 13.7. The molecule has 0 N–H and O–H groups in total. The molecule has 4 aromatic heterocycles. The minimum atomic E-state index is 0.507. The van der Waals surface area contributed by atoms with Crippen LogP contribution in [0.25, 0.3) is 198 Å². The maximum atomic E-state index is 8.61. The molecule has 0 aliphatic heterocycles. The molecule has 0 amide bonds. The smallest absolute Gasteiger partial charge is 0.0623 e. The van der Waals surface area contributed by atoms with E-state index in [0.717, 1.165) is 77.5 Å². The van der Waals surface area contributed by atoms with E-state index < -0.39 is 0 Å². The molecule has 106 heavy (non-hydrogen) atoms. The Morgan fingerprint density at radius 3 is 0.849 bits per heavy atom.